The minimum Gasteiger partial charge on any atom is -0.493 e. The van der Waals surface area contributed by atoms with Crippen molar-refractivity contribution in [1.82, 2.24) is 4.98 Å². The topological polar surface area (TPSA) is 86.5 Å². The number of nitrogens with two attached hydrogens (primary N) is 1. The van der Waals surface area contributed by atoms with E-state index in [0.717, 1.165) is 24.8 Å². The first kappa shape index (κ1) is 17.2. The average molecular weight is 341 g/mol. The number of hydrogen-bond donors (Lipinski definition) is 2. The van der Waals surface area contributed by atoms with E-state index in [1.165, 1.54) is 0 Å². The normalized spacial score (nSPS) is 19.4. The van der Waals surface area contributed by atoms with Crippen LogP contribution in [0.15, 0.2) is 42.7 Å². The molecule has 0 radical (unpaired) electrons. The van der Waals surface area contributed by atoms with E-state index in [0.29, 0.717) is 23.8 Å². The summed E-state index contributed by atoms with van der Waals surface area (Å²) in [6, 6.07) is 9.30. The molecule has 1 aromatic heterocycles. The first-order valence-electron chi connectivity index (χ1n) is 8.42. The third kappa shape index (κ3) is 4.48. The van der Waals surface area contributed by atoms with Crippen LogP contribution in [0.5, 0.6) is 11.5 Å². The molecule has 1 aliphatic rings. The maximum atomic E-state index is 12.4. The van der Waals surface area contributed by atoms with Gasteiger partial charge in [0, 0.05) is 41.7 Å². The molecule has 1 amide bonds. The van der Waals surface area contributed by atoms with Gasteiger partial charge >= 0.3 is 0 Å². The van der Waals surface area contributed by atoms with E-state index in [-0.39, 0.29) is 17.9 Å². The molecule has 6 heteroatoms. The highest BCUT2D eigenvalue weighted by Crippen LogP contribution is 2.32. The minimum atomic E-state index is -0.0168. The Morgan fingerprint density at radius 1 is 1.32 bits per heavy atom. The molecule has 2 aromatic rings. The van der Waals surface area contributed by atoms with Gasteiger partial charge in [-0.1, -0.05) is 6.07 Å². The molecule has 1 fully saturated rings. The molecule has 0 bridgehead atoms. The fourth-order valence-corrected chi connectivity index (χ4v) is 3.01. The van der Waals surface area contributed by atoms with Gasteiger partial charge in [-0.05, 0) is 37.5 Å². The van der Waals surface area contributed by atoms with Crippen molar-refractivity contribution < 1.29 is 14.3 Å². The summed E-state index contributed by atoms with van der Waals surface area (Å²) in [5.41, 5.74) is 7.54. The zero-order valence-corrected chi connectivity index (χ0v) is 14.3. The monoisotopic (exact) mass is 341 g/mol. The summed E-state index contributed by atoms with van der Waals surface area (Å²) in [5.74, 6) is 1.19. The molecule has 3 N–H and O–H groups in total. The van der Waals surface area contributed by atoms with Gasteiger partial charge < -0.3 is 20.5 Å². The van der Waals surface area contributed by atoms with Crippen molar-refractivity contribution in [2.45, 2.75) is 31.9 Å². The van der Waals surface area contributed by atoms with E-state index in [1.807, 2.05) is 18.2 Å². The lowest BCUT2D eigenvalue weighted by Crippen LogP contribution is -2.23. The number of nitrogens with zero attached hydrogens (tertiary/aromatic N) is 1. The van der Waals surface area contributed by atoms with E-state index in [1.54, 1.807) is 31.6 Å². The fraction of sp³-hybridized carbons (Fsp3) is 0.368. The Morgan fingerprint density at radius 3 is 2.88 bits per heavy atom. The molecule has 3 rings (SSSR count). The van der Waals surface area contributed by atoms with Gasteiger partial charge in [0.1, 0.15) is 6.61 Å². The molecule has 0 spiro atoms. The number of amides is 1. The summed E-state index contributed by atoms with van der Waals surface area (Å²) >= 11 is 0. The number of aromatic nitrogens is 1. The van der Waals surface area contributed by atoms with Crippen LogP contribution in [0.3, 0.4) is 0 Å². The number of carbonyl (C=O) groups is 1. The van der Waals surface area contributed by atoms with E-state index in [4.69, 9.17) is 15.2 Å². The summed E-state index contributed by atoms with van der Waals surface area (Å²) in [4.78, 5) is 16.4. The number of carbonyl (C=O) groups excluding carboxylic acids is 1. The number of pyridine rings is 1. The Bertz CT molecular complexity index is 721. The van der Waals surface area contributed by atoms with Gasteiger partial charge in [-0.25, -0.2) is 0 Å². The molecule has 1 aromatic carbocycles. The Morgan fingerprint density at radius 2 is 2.20 bits per heavy atom. The summed E-state index contributed by atoms with van der Waals surface area (Å²) in [5, 5.41) is 2.95. The third-order valence-electron chi connectivity index (χ3n) is 4.39. The number of hydrogen-bond acceptors (Lipinski definition) is 5. The van der Waals surface area contributed by atoms with Gasteiger partial charge in [0.25, 0.3) is 0 Å². The zero-order valence-electron chi connectivity index (χ0n) is 14.3. The first-order valence-corrected chi connectivity index (χ1v) is 8.42. The molecule has 1 aliphatic carbocycles. The average Bonchev–Trinajstić information content (AvgIpc) is 3.07. The van der Waals surface area contributed by atoms with Crippen molar-refractivity contribution in [3.63, 3.8) is 0 Å². The maximum Gasteiger partial charge on any atom is 0.227 e. The molecule has 6 nitrogen and oxygen atoms in total. The third-order valence-corrected chi connectivity index (χ3v) is 4.39. The second-order valence-electron chi connectivity index (χ2n) is 6.27. The van der Waals surface area contributed by atoms with Crippen molar-refractivity contribution >= 4 is 11.6 Å². The quantitative estimate of drug-likeness (QED) is 0.844. The first-order chi connectivity index (χ1) is 12.2. The second kappa shape index (κ2) is 7.98. The lowest BCUT2D eigenvalue weighted by atomic mass is 10.1. The molecule has 2 atom stereocenters. The number of nitrogens with one attached hydrogen (secondary N) is 1. The summed E-state index contributed by atoms with van der Waals surface area (Å²) in [7, 11) is 1.59. The van der Waals surface area contributed by atoms with Crippen molar-refractivity contribution in [3.05, 3.63) is 48.3 Å². The van der Waals surface area contributed by atoms with Crippen molar-refractivity contribution in [1.29, 1.82) is 0 Å². The zero-order chi connectivity index (χ0) is 17.6. The smallest absolute Gasteiger partial charge is 0.227 e. The number of benzene rings is 1. The largest absolute Gasteiger partial charge is 0.493 e. The highest BCUT2D eigenvalue weighted by molar-refractivity contribution is 5.93. The maximum absolute atomic E-state index is 12.4. The Kier molecular flexibility index (Phi) is 5.50. The van der Waals surface area contributed by atoms with Crippen LogP contribution in [0.4, 0.5) is 5.69 Å². The van der Waals surface area contributed by atoms with Crippen LogP contribution in [0.2, 0.25) is 0 Å². The Labute approximate surface area is 147 Å². The van der Waals surface area contributed by atoms with Crippen LogP contribution >= 0.6 is 0 Å². The van der Waals surface area contributed by atoms with Gasteiger partial charge in [-0.15, -0.1) is 0 Å². The molecule has 2 unspecified atom stereocenters. The van der Waals surface area contributed by atoms with Crippen LogP contribution in [0.25, 0.3) is 0 Å². The molecular formula is C19H23N3O3. The fourth-order valence-electron chi connectivity index (χ4n) is 3.01. The SMILES string of the molecule is COc1ccc(NC(=O)C2CCC(N)C2)cc1OCc1cccnc1. The van der Waals surface area contributed by atoms with E-state index in [2.05, 4.69) is 10.3 Å². The van der Waals surface area contributed by atoms with Crippen LogP contribution in [0, 0.1) is 5.92 Å². The van der Waals surface area contributed by atoms with Crippen molar-refractivity contribution in [2.75, 3.05) is 12.4 Å². The van der Waals surface area contributed by atoms with Crippen LogP contribution < -0.4 is 20.5 Å². The van der Waals surface area contributed by atoms with Crippen molar-refractivity contribution in [3.8, 4) is 11.5 Å². The lowest BCUT2D eigenvalue weighted by Gasteiger charge is -2.14. The van der Waals surface area contributed by atoms with E-state index >= 15 is 0 Å². The number of rotatable bonds is 6. The molecule has 132 valence electrons. The highest BCUT2D eigenvalue weighted by atomic mass is 16.5. The summed E-state index contributed by atoms with van der Waals surface area (Å²) in [6.45, 7) is 0.374. The molecule has 0 saturated heterocycles. The molecule has 25 heavy (non-hydrogen) atoms. The predicted octanol–water partition coefficient (Wildman–Crippen LogP) is 2.74. The lowest BCUT2D eigenvalue weighted by molar-refractivity contribution is -0.119. The standard InChI is InChI=1S/C19H23N3O3/c1-24-17-7-6-16(22-19(23)14-4-5-15(20)9-14)10-18(17)25-12-13-3-2-8-21-11-13/h2-3,6-8,10-11,14-15H,4-5,9,12,20H2,1H3,(H,22,23). The van der Waals surface area contributed by atoms with Gasteiger partial charge in [0.15, 0.2) is 11.5 Å². The van der Waals surface area contributed by atoms with E-state index < -0.39 is 0 Å². The van der Waals surface area contributed by atoms with Crippen LogP contribution in [0.1, 0.15) is 24.8 Å². The van der Waals surface area contributed by atoms with Gasteiger partial charge in [-0.2, -0.15) is 0 Å². The number of ether oxygens (including phenoxy) is 2. The second-order valence-corrected chi connectivity index (χ2v) is 6.27. The predicted molar refractivity (Wildman–Crippen MR) is 95.5 cm³/mol. The summed E-state index contributed by atoms with van der Waals surface area (Å²) < 4.78 is 11.2. The molecular weight excluding hydrogens is 318 g/mol. The minimum absolute atomic E-state index is 0.0105. The number of methoxy groups -OCH3 is 1. The van der Waals surface area contributed by atoms with Gasteiger partial charge in [-0.3, -0.25) is 9.78 Å². The molecule has 1 saturated carbocycles. The Hall–Kier alpha value is -2.60. The van der Waals surface area contributed by atoms with E-state index in [9.17, 15) is 4.79 Å². The molecule has 1 heterocycles. The van der Waals surface area contributed by atoms with Gasteiger partial charge in [0.2, 0.25) is 5.91 Å². The molecule has 0 aliphatic heterocycles. The van der Waals surface area contributed by atoms with Crippen LogP contribution in [-0.2, 0) is 11.4 Å². The highest BCUT2D eigenvalue weighted by Gasteiger charge is 2.27. The Balaban J connectivity index is 1.67. The number of anilines is 1. The summed E-state index contributed by atoms with van der Waals surface area (Å²) in [6.07, 6.45) is 5.95. The van der Waals surface area contributed by atoms with Crippen molar-refractivity contribution in [2.24, 2.45) is 11.7 Å². The van der Waals surface area contributed by atoms with Gasteiger partial charge in [0.05, 0.1) is 7.11 Å². The van der Waals surface area contributed by atoms with Crippen LogP contribution in [-0.4, -0.2) is 24.0 Å².